The van der Waals surface area contributed by atoms with Crippen LogP contribution in [0, 0.1) is 5.82 Å². The van der Waals surface area contributed by atoms with Gasteiger partial charge < -0.3 is 14.7 Å². The van der Waals surface area contributed by atoms with Crippen LogP contribution in [-0.2, 0) is 4.79 Å². The van der Waals surface area contributed by atoms with Crippen molar-refractivity contribution in [3.05, 3.63) is 30.1 Å². The third-order valence-corrected chi connectivity index (χ3v) is 5.19. The fraction of sp³-hybridized carbons (Fsp3) is 0.556. The summed E-state index contributed by atoms with van der Waals surface area (Å²) in [4.78, 5) is 32.0. The summed E-state index contributed by atoms with van der Waals surface area (Å²) < 4.78 is 13.9. The van der Waals surface area contributed by atoms with Crippen molar-refractivity contribution >= 4 is 17.6 Å². The quantitative estimate of drug-likeness (QED) is 0.831. The molecule has 3 amide bonds. The minimum Gasteiger partial charge on any atom is -0.341 e. The first-order valence-electron chi connectivity index (χ1n) is 8.72. The Hall–Kier alpha value is -2.15. The Morgan fingerprint density at radius 3 is 2.56 bits per heavy atom. The predicted molar refractivity (Wildman–Crippen MR) is 94.0 cm³/mol. The smallest absolute Gasteiger partial charge is 0.325 e. The number of hydrogen-bond donors (Lipinski definition) is 0. The Bertz CT molecular complexity index is 646. The molecule has 0 atom stereocenters. The number of likely N-dealkylation sites (tertiary alicyclic amines) is 1. The Kier molecular flexibility index (Phi) is 5.22. The normalized spacial score (nSPS) is 19.6. The average molecular weight is 348 g/mol. The van der Waals surface area contributed by atoms with Gasteiger partial charge in [0.1, 0.15) is 12.4 Å². The molecule has 0 N–H and O–H groups in total. The van der Waals surface area contributed by atoms with Gasteiger partial charge in [0.2, 0.25) is 5.91 Å². The van der Waals surface area contributed by atoms with E-state index in [0.29, 0.717) is 13.1 Å². The van der Waals surface area contributed by atoms with Crippen molar-refractivity contribution in [2.24, 2.45) is 0 Å². The van der Waals surface area contributed by atoms with E-state index in [9.17, 15) is 14.0 Å². The fourth-order valence-electron chi connectivity index (χ4n) is 3.48. The molecule has 2 aliphatic rings. The van der Waals surface area contributed by atoms with Crippen LogP contribution in [0.25, 0.3) is 0 Å². The van der Waals surface area contributed by atoms with Crippen LogP contribution in [0.2, 0.25) is 0 Å². The molecule has 2 saturated heterocycles. The number of halogens is 1. The maximum absolute atomic E-state index is 13.9. The van der Waals surface area contributed by atoms with Crippen molar-refractivity contribution in [2.75, 3.05) is 51.7 Å². The van der Waals surface area contributed by atoms with Gasteiger partial charge in [-0.2, -0.15) is 0 Å². The monoisotopic (exact) mass is 348 g/mol. The summed E-state index contributed by atoms with van der Waals surface area (Å²) in [6.45, 7) is 2.83. The molecule has 2 aliphatic heterocycles. The summed E-state index contributed by atoms with van der Waals surface area (Å²) >= 11 is 0. The Balaban J connectivity index is 1.59. The van der Waals surface area contributed by atoms with Crippen LogP contribution >= 0.6 is 0 Å². The van der Waals surface area contributed by atoms with E-state index in [2.05, 4.69) is 11.9 Å². The van der Waals surface area contributed by atoms with E-state index in [1.54, 1.807) is 23.1 Å². The molecular weight excluding hydrogens is 323 g/mol. The van der Waals surface area contributed by atoms with Gasteiger partial charge in [-0.15, -0.1) is 0 Å². The second-order valence-corrected chi connectivity index (χ2v) is 6.85. The van der Waals surface area contributed by atoms with Crippen molar-refractivity contribution < 1.29 is 14.0 Å². The molecule has 2 heterocycles. The maximum atomic E-state index is 13.9. The molecule has 3 rings (SSSR count). The van der Waals surface area contributed by atoms with E-state index in [1.165, 1.54) is 15.9 Å². The molecule has 0 bridgehead atoms. The van der Waals surface area contributed by atoms with E-state index in [1.807, 2.05) is 7.05 Å². The molecule has 0 radical (unpaired) electrons. The van der Waals surface area contributed by atoms with E-state index < -0.39 is 5.82 Å². The first-order valence-corrected chi connectivity index (χ1v) is 8.72. The Morgan fingerprint density at radius 1 is 1.20 bits per heavy atom. The molecule has 0 unspecified atom stereocenters. The molecule has 136 valence electrons. The number of amides is 3. The number of carbonyl (C=O) groups is 2. The minimum absolute atomic E-state index is 0.0482. The van der Waals surface area contributed by atoms with Gasteiger partial charge in [0, 0.05) is 26.2 Å². The third-order valence-electron chi connectivity index (χ3n) is 5.19. The lowest BCUT2D eigenvalue weighted by Crippen LogP contribution is -2.48. The first kappa shape index (κ1) is 17.7. The molecule has 1 aromatic carbocycles. The predicted octanol–water partition coefficient (Wildman–Crippen LogP) is 1.62. The third kappa shape index (κ3) is 3.76. The minimum atomic E-state index is -0.424. The highest BCUT2D eigenvalue weighted by atomic mass is 19.1. The van der Waals surface area contributed by atoms with Crippen molar-refractivity contribution in [1.82, 2.24) is 14.7 Å². The molecule has 0 saturated carbocycles. The molecule has 0 aromatic heterocycles. The van der Waals surface area contributed by atoms with Gasteiger partial charge in [-0.3, -0.25) is 9.69 Å². The second-order valence-electron chi connectivity index (χ2n) is 6.85. The van der Waals surface area contributed by atoms with E-state index in [-0.39, 0.29) is 30.2 Å². The Morgan fingerprint density at radius 2 is 1.88 bits per heavy atom. The summed E-state index contributed by atoms with van der Waals surface area (Å²) in [5.41, 5.74) is 0.270. The van der Waals surface area contributed by atoms with E-state index >= 15 is 0 Å². The van der Waals surface area contributed by atoms with Crippen molar-refractivity contribution in [1.29, 1.82) is 0 Å². The largest absolute Gasteiger partial charge is 0.341 e. The fourth-order valence-corrected chi connectivity index (χ4v) is 3.48. The highest BCUT2D eigenvalue weighted by Gasteiger charge is 2.33. The van der Waals surface area contributed by atoms with Crippen molar-refractivity contribution in [3.8, 4) is 0 Å². The molecular formula is C18H25FN4O2. The number of benzene rings is 1. The molecule has 25 heavy (non-hydrogen) atoms. The number of hydrogen-bond acceptors (Lipinski definition) is 3. The summed E-state index contributed by atoms with van der Waals surface area (Å²) in [7, 11) is 3.89. The van der Waals surface area contributed by atoms with Gasteiger partial charge in [0.05, 0.1) is 5.69 Å². The van der Waals surface area contributed by atoms with Gasteiger partial charge in [-0.25, -0.2) is 9.18 Å². The number of piperidine rings is 1. The number of urea groups is 1. The number of likely N-dealkylation sites (N-methyl/N-ethyl adjacent to an activating group) is 1. The standard InChI is InChI=1S/C18H25FN4O2/c1-20-9-7-14(8-10-20)21(2)17(24)13-22-11-12-23(18(22)25)16-6-4-3-5-15(16)19/h3-6,14H,7-13H2,1-2H3. The number of para-hydroxylation sites is 1. The molecule has 7 heteroatoms. The SMILES string of the molecule is CN1CCC(N(C)C(=O)CN2CCN(c3ccccc3F)C2=O)CC1. The van der Waals surface area contributed by atoms with Gasteiger partial charge in [0.15, 0.2) is 0 Å². The van der Waals surface area contributed by atoms with Crippen LogP contribution in [0.1, 0.15) is 12.8 Å². The zero-order valence-electron chi connectivity index (χ0n) is 14.8. The van der Waals surface area contributed by atoms with Crippen LogP contribution in [0.5, 0.6) is 0 Å². The van der Waals surface area contributed by atoms with Gasteiger partial charge in [0.25, 0.3) is 0 Å². The molecule has 1 aromatic rings. The van der Waals surface area contributed by atoms with Gasteiger partial charge in [-0.1, -0.05) is 12.1 Å². The molecule has 6 nitrogen and oxygen atoms in total. The van der Waals surface area contributed by atoms with E-state index in [0.717, 1.165) is 25.9 Å². The lowest BCUT2D eigenvalue weighted by Gasteiger charge is -2.35. The highest BCUT2D eigenvalue weighted by Crippen LogP contribution is 2.23. The molecule has 0 aliphatic carbocycles. The van der Waals surface area contributed by atoms with Crippen LogP contribution < -0.4 is 4.90 Å². The van der Waals surface area contributed by atoms with Gasteiger partial charge >= 0.3 is 6.03 Å². The molecule has 2 fully saturated rings. The number of anilines is 1. The average Bonchev–Trinajstić information content (AvgIpc) is 2.96. The lowest BCUT2D eigenvalue weighted by atomic mass is 10.0. The summed E-state index contributed by atoms with van der Waals surface area (Å²) in [5.74, 6) is -0.481. The topological polar surface area (TPSA) is 47.1 Å². The number of rotatable bonds is 4. The van der Waals surface area contributed by atoms with Crippen LogP contribution in [0.3, 0.4) is 0 Å². The second kappa shape index (κ2) is 7.39. The summed E-state index contributed by atoms with van der Waals surface area (Å²) in [6.07, 6.45) is 1.90. The zero-order valence-corrected chi connectivity index (χ0v) is 14.8. The summed E-state index contributed by atoms with van der Waals surface area (Å²) in [6, 6.07) is 6.14. The van der Waals surface area contributed by atoms with Crippen LogP contribution in [0.4, 0.5) is 14.9 Å². The number of carbonyl (C=O) groups excluding carboxylic acids is 2. The lowest BCUT2D eigenvalue weighted by molar-refractivity contribution is -0.133. The molecule has 0 spiro atoms. The maximum Gasteiger partial charge on any atom is 0.325 e. The van der Waals surface area contributed by atoms with E-state index in [4.69, 9.17) is 0 Å². The Labute approximate surface area is 147 Å². The van der Waals surface area contributed by atoms with Crippen LogP contribution in [0.15, 0.2) is 24.3 Å². The van der Waals surface area contributed by atoms with Crippen LogP contribution in [-0.4, -0.2) is 79.5 Å². The zero-order chi connectivity index (χ0) is 18.0. The van der Waals surface area contributed by atoms with Crippen molar-refractivity contribution in [2.45, 2.75) is 18.9 Å². The number of nitrogens with zero attached hydrogens (tertiary/aromatic N) is 4. The van der Waals surface area contributed by atoms with Gasteiger partial charge in [-0.05, 0) is 45.1 Å². The first-order chi connectivity index (χ1) is 12.0. The highest BCUT2D eigenvalue weighted by molar-refractivity contribution is 5.96. The van der Waals surface area contributed by atoms with Crippen molar-refractivity contribution in [3.63, 3.8) is 0 Å². The summed E-state index contributed by atoms with van der Waals surface area (Å²) in [5, 5.41) is 0.